The third-order valence-corrected chi connectivity index (χ3v) is 5.36. The number of hydrogen-bond donors (Lipinski definition) is 1. The largest absolute Gasteiger partial charge is 0.493 e. The molecule has 1 atom stereocenters. The zero-order valence-corrected chi connectivity index (χ0v) is 18.6. The molecule has 0 aliphatic heterocycles. The number of amides is 1. The molecular weight excluding hydrogens is 414 g/mol. The number of halogens is 1. The Labute approximate surface area is 187 Å². The van der Waals surface area contributed by atoms with Gasteiger partial charge in [0.05, 0.1) is 20.3 Å². The van der Waals surface area contributed by atoms with Crippen molar-refractivity contribution < 1.29 is 19.0 Å². The van der Waals surface area contributed by atoms with E-state index in [0.717, 1.165) is 17.5 Å². The van der Waals surface area contributed by atoms with E-state index in [1.807, 2.05) is 49.4 Å². The molecule has 3 aromatic carbocycles. The number of carbonyl (C=O) groups is 1. The molecule has 162 valence electrons. The Morgan fingerprint density at radius 2 is 1.68 bits per heavy atom. The Morgan fingerprint density at radius 1 is 0.968 bits per heavy atom. The van der Waals surface area contributed by atoms with Crippen molar-refractivity contribution in [1.82, 2.24) is 5.32 Å². The Kier molecular flexibility index (Phi) is 7.79. The molecule has 31 heavy (non-hydrogen) atoms. The van der Waals surface area contributed by atoms with Gasteiger partial charge >= 0.3 is 0 Å². The quantitative estimate of drug-likeness (QED) is 0.456. The fourth-order valence-corrected chi connectivity index (χ4v) is 3.40. The van der Waals surface area contributed by atoms with Crippen molar-refractivity contribution in [2.24, 2.45) is 0 Å². The third-order valence-electron chi connectivity index (χ3n) is 4.99. The minimum Gasteiger partial charge on any atom is -0.493 e. The maximum Gasteiger partial charge on any atom is 0.251 e. The number of hydrogen-bond acceptors (Lipinski definition) is 4. The molecule has 0 radical (unpaired) electrons. The van der Waals surface area contributed by atoms with Crippen molar-refractivity contribution >= 4 is 17.5 Å². The lowest BCUT2D eigenvalue weighted by Crippen LogP contribution is -2.28. The topological polar surface area (TPSA) is 56.8 Å². The van der Waals surface area contributed by atoms with Gasteiger partial charge in [0, 0.05) is 16.1 Å². The van der Waals surface area contributed by atoms with Crippen LogP contribution in [0.25, 0.3) is 0 Å². The van der Waals surface area contributed by atoms with E-state index in [4.69, 9.17) is 25.8 Å². The molecule has 0 aliphatic rings. The van der Waals surface area contributed by atoms with Crippen molar-refractivity contribution in [3.63, 3.8) is 0 Å². The molecule has 0 saturated carbocycles. The molecule has 3 aromatic rings. The van der Waals surface area contributed by atoms with Gasteiger partial charge in [0.1, 0.15) is 12.4 Å². The van der Waals surface area contributed by atoms with Crippen LogP contribution in [0.5, 0.6) is 17.2 Å². The molecule has 5 nitrogen and oxygen atoms in total. The maximum absolute atomic E-state index is 12.8. The lowest BCUT2D eigenvalue weighted by Gasteiger charge is -2.19. The molecular formula is C25H26ClNO4. The van der Waals surface area contributed by atoms with Crippen LogP contribution in [-0.4, -0.2) is 20.1 Å². The summed E-state index contributed by atoms with van der Waals surface area (Å²) in [5.41, 5.74) is 2.42. The first-order chi connectivity index (χ1) is 15.0. The number of carbonyl (C=O) groups excluding carboxylic acids is 1. The second-order valence-corrected chi connectivity index (χ2v) is 7.36. The van der Waals surface area contributed by atoms with E-state index >= 15 is 0 Å². The molecule has 0 spiro atoms. The van der Waals surface area contributed by atoms with Crippen LogP contribution in [0.2, 0.25) is 5.02 Å². The van der Waals surface area contributed by atoms with Crippen molar-refractivity contribution in [3.05, 3.63) is 88.4 Å². The summed E-state index contributed by atoms with van der Waals surface area (Å²) in [5, 5.41) is 3.75. The SMILES string of the molecule is CC[C@H](NC(=O)c1ccc(OCc2ccccc2Cl)cc1)c1ccc(OC)c(OC)c1. The molecule has 3 rings (SSSR count). The van der Waals surface area contributed by atoms with Crippen LogP contribution in [0.3, 0.4) is 0 Å². The highest BCUT2D eigenvalue weighted by Crippen LogP contribution is 2.31. The van der Waals surface area contributed by atoms with Crippen LogP contribution in [-0.2, 0) is 6.61 Å². The van der Waals surface area contributed by atoms with Gasteiger partial charge in [-0.3, -0.25) is 4.79 Å². The average Bonchev–Trinajstić information content (AvgIpc) is 2.81. The van der Waals surface area contributed by atoms with Crippen molar-refractivity contribution in [1.29, 1.82) is 0 Å². The van der Waals surface area contributed by atoms with E-state index in [1.54, 1.807) is 38.5 Å². The summed E-state index contributed by atoms with van der Waals surface area (Å²) in [5.74, 6) is 1.80. The first-order valence-corrected chi connectivity index (χ1v) is 10.4. The number of nitrogens with one attached hydrogen (secondary N) is 1. The molecule has 6 heteroatoms. The van der Waals surface area contributed by atoms with Crippen molar-refractivity contribution in [2.75, 3.05) is 14.2 Å². The minimum atomic E-state index is -0.153. The average molecular weight is 440 g/mol. The van der Waals surface area contributed by atoms with Gasteiger partial charge in [0.25, 0.3) is 5.91 Å². The third kappa shape index (κ3) is 5.70. The number of benzene rings is 3. The molecule has 0 bridgehead atoms. The highest BCUT2D eigenvalue weighted by atomic mass is 35.5. The molecule has 0 saturated heterocycles. The van der Waals surface area contributed by atoms with Crippen LogP contribution in [0.4, 0.5) is 0 Å². The van der Waals surface area contributed by atoms with Crippen molar-refractivity contribution in [2.45, 2.75) is 26.0 Å². The maximum atomic E-state index is 12.8. The van der Waals surface area contributed by atoms with Crippen LogP contribution in [0, 0.1) is 0 Å². The van der Waals surface area contributed by atoms with Gasteiger partial charge in [-0.1, -0.05) is 42.8 Å². The van der Waals surface area contributed by atoms with Crippen LogP contribution < -0.4 is 19.5 Å². The zero-order chi connectivity index (χ0) is 22.2. The van der Waals surface area contributed by atoms with Crippen LogP contribution in [0.15, 0.2) is 66.7 Å². The Morgan fingerprint density at radius 3 is 2.32 bits per heavy atom. The number of rotatable bonds is 9. The molecule has 0 aromatic heterocycles. The van der Waals surface area contributed by atoms with Crippen LogP contribution >= 0.6 is 11.6 Å². The molecule has 0 aliphatic carbocycles. The summed E-state index contributed by atoms with van der Waals surface area (Å²) >= 11 is 6.16. The Bertz CT molecular complexity index is 1020. The van der Waals surface area contributed by atoms with Crippen molar-refractivity contribution in [3.8, 4) is 17.2 Å². The van der Waals surface area contributed by atoms with Gasteiger partial charge in [-0.2, -0.15) is 0 Å². The molecule has 0 fully saturated rings. The lowest BCUT2D eigenvalue weighted by atomic mass is 10.0. The van der Waals surface area contributed by atoms with Gasteiger partial charge in [-0.25, -0.2) is 0 Å². The molecule has 1 N–H and O–H groups in total. The standard InChI is InChI=1S/C25H26ClNO4/c1-4-22(18-11-14-23(29-2)24(15-18)30-3)27-25(28)17-9-12-20(13-10-17)31-16-19-7-5-6-8-21(19)26/h5-15,22H,4,16H2,1-3H3,(H,27,28)/t22-/m0/s1. The summed E-state index contributed by atoms with van der Waals surface area (Å²) in [6.45, 7) is 2.38. The highest BCUT2D eigenvalue weighted by molar-refractivity contribution is 6.31. The van der Waals surface area contributed by atoms with Gasteiger partial charge in [-0.05, 0) is 54.4 Å². The van der Waals surface area contributed by atoms with Crippen LogP contribution in [0.1, 0.15) is 40.9 Å². The summed E-state index contributed by atoms with van der Waals surface area (Å²) in [7, 11) is 3.19. The predicted molar refractivity (Wildman–Crippen MR) is 122 cm³/mol. The highest BCUT2D eigenvalue weighted by Gasteiger charge is 2.16. The fraction of sp³-hybridized carbons (Fsp3) is 0.240. The smallest absolute Gasteiger partial charge is 0.251 e. The number of ether oxygens (including phenoxy) is 3. The normalized spacial score (nSPS) is 11.5. The Balaban J connectivity index is 1.64. The lowest BCUT2D eigenvalue weighted by molar-refractivity contribution is 0.0935. The predicted octanol–water partition coefficient (Wildman–Crippen LogP) is 5.82. The van der Waals surface area contributed by atoms with Gasteiger partial charge in [0.2, 0.25) is 0 Å². The number of methoxy groups -OCH3 is 2. The van der Waals surface area contributed by atoms with Gasteiger partial charge in [0.15, 0.2) is 11.5 Å². The fourth-order valence-electron chi connectivity index (χ4n) is 3.21. The molecule has 0 unspecified atom stereocenters. The van der Waals surface area contributed by atoms with E-state index in [1.165, 1.54) is 0 Å². The van der Waals surface area contributed by atoms with E-state index in [2.05, 4.69) is 5.32 Å². The summed E-state index contributed by atoms with van der Waals surface area (Å²) in [6, 6.07) is 20.1. The summed E-state index contributed by atoms with van der Waals surface area (Å²) in [6.07, 6.45) is 0.736. The Hall–Kier alpha value is -3.18. The second-order valence-electron chi connectivity index (χ2n) is 6.95. The van der Waals surface area contributed by atoms with E-state index in [0.29, 0.717) is 34.4 Å². The first kappa shape index (κ1) is 22.5. The van der Waals surface area contributed by atoms with Gasteiger partial charge in [-0.15, -0.1) is 0 Å². The monoisotopic (exact) mass is 439 g/mol. The van der Waals surface area contributed by atoms with E-state index in [9.17, 15) is 4.79 Å². The molecule has 0 heterocycles. The minimum absolute atomic E-state index is 0.150. The molecule has 1 amide bonds. The zero-order valence-electron chi connectivity index (χ0n) is 17.9. The summed E-state index contributed by atoms with van der Waals surface area (Å²) < 4.78 is 16.5. The van der Waals surface area contributed by atoms with Gasteiger partial charge < -0.3 is 19.5 Å². The van der Waals surface area contributed by atoms with E-state index in [-0.39, 0.29) is 11.9 Å². The first-order valence-electron chi connectivity index (χ1n) is 10.0. The second kappa shape index (κ2) is 10.7. The van der Waals surface area contributed by atoms with E-state index < -0.39 is 0 Å². The summed E-state index contributed by atoms with van der Waals surface area (Å²) in [4.78, 5) is 12.8.